The maximum Gasteiger partial charge on any atom is 0.108 e. The van der Waals surface area contributed by atoms with Gasteiger partial charge in [0.2, 0.25) is 0 Å². The van der Waals surface area contributed by atoms with E-state index in [2.05, 4.69) is 56.8 Å². The van der Waals surface area contributed by atoms with Gasteiger partial charge in [-0.1, -0.05) is 40.2 Å². The minimum absolute atomic E-state index is 0.487. The van der Waals surface area contributed by atoms with E-state index >= 15 is 0 Å². The number of aromatic nitrogens is 2. The summed E-state index contributed by atoms with van der Waals surface area (Å²) in [6.07, 6.45) is 10.0. The van der Waals surface area contributed by atoms with Crippen molar-refractivity contribution < 1.29 is 0 Å². The first-order valence-corrected chi connectivity index (χ1v) is 8.35. The van der Waals surface area contributed by atoms with Crippen LogP contribution in [0.15, 0.2) is 36.7 Å². The van der Waals surface area contributed by atoms with E-state index in [9.17, 15) is 0 Å². The molecule has 1 heterocycles. The molecular weight excluding hydrogens is 312 g/mol. The zero-order valence-corrected chi connectivity index (χ0v) is 13.5. The molecule has 20 heavy (non-hydrogen) atoms. The van der Waals surface area contributed by atoms with Crippen molar-refractivity contribution >= 4 is 15.9 Å². The number of benzene rings is 1. The smallest absolute Gasteiger partial charge is 0.108 e. The largest absolute Gasteiger partial charge is 0.338 e. The average Bonchev–Trinajstić information content (AvgIpc) is 2.80. The van der Waals surface area contributed by atoms with Crippen molar-refractivity contribution in [2.24, 2.45) is 13.0 Å². The van der Waals surface area contributed by atoms with Gasteiger partial charge in [0.05, 0.1) is 0 Å². The van der Waals surface area contributed by atoms with E-state index in [-0.39, 0.29) is 0 Å². The maximum atomic E-state index is 4.44. The SMILES string of the molecule is Cn1ccnc1CCC1CCCc2ccccc2C1Br. The van der Waals surface area contributed by atoms with Crippen LogP contribution in [0.2, 0.25) is 0 Å². The summed E-state index contributed by atoms with van der Waals surface area (Å²) in [5.41, 5.74) is 3.02. The molecule has 0 aliphatic heterocycles. The van der Waals surface area contributed by atoms with E-state index < -0.39 is 0 Å². The number of nitrogens with zero attached hydrogens (tertiary/aromatic N) is 2. The molecule has 0 saturated heterocycles. The molecule has 106 valence electrons. The first kappa shape index (κ1) is 13.9. The minimum Gasteiger partial charge on any atom is -0.338 e. The third-order valence-electron chi connectivity index (χ3n) is 4.45. The molecule has 1 aliphatic rings. The molecule has 2 aromatic rings. The number of rotatable bonds is 3. The normalized spacial score (nSPS) is 22.3. The van der Waals surface area contributed by atoms with Gasteiger partial charge in [-0.15, -0.1) is 0 Å². The van der Waals surface area contributed by atoms with Crippen molar-refractivity contribution in [2.75, 3.05) is 0 Å². The maximum absolute atomic E-state index is 4.44. The zero-order valence-electron chi connectivity index (χ0n) is 11.9. The first-order chi connectivity index (χ1) is 9.75. The molecule has 0 bridgehead atoms. The Hall–Kier alpha value is -1.09. The topological polar surface area (TPSA) is 17.8 Å². The summed E-state index contributed by atoms with van der Waals surface area (Å²) < 4.78 is 2.13. The second-order valence-corrected chi connectivity index (χ2v) is 6.73. The Morgan fingerprint density at radius 1 is 1.35 bits per heavy atom. The summed E-state index contributed by atoms with van der Waals surface area (Å²) in [7, 11) is 2.08. The Morgan fingerprint density at radius 2 is 2.20 bits per heavy atom. The van der Waals surface area contributed by atoms with Crippen LogP contribution < -0.4 is 0 Å². The molecule has 3 heteroatoms. The second-order valence-electron chi connectivity index (χ2n) is 5.75. The Morgan fingerprint density at radius 3 is 3.00 bits per heavy atom. The number of imidazole rings is 1. The molecule has 0 amide bonds. The molecular formula is C17H21BrN2. The number of aryl methyl sites for hydroxylation is 3. The van der Waals surface area contributed by atoms with Crippen molar-refractivity contribution in [3.05, 3.63) is 53.6 Å². The monoisotopic (exact) mass is 332 g/mol. The van der Waals surface area contributed by atoms with Gasteiger partial charge in [0.1, 0.15) is 5.82 Å². The number of hydrogen-bond donors (Lipinski definition) is 0. The van der Waals surface area contributed by atoms with Gasteiger partial charge < -0.3 is 4.57 Å². The predicted molar refractivity (Wildman–Crippen MR) is 86.1 cm³/mol. The molecule has 2 nitrogen and oxygen atoms in total. The average molecular weight is 333 g/mol. The number of halogens is 1. The second kappa shape index (κ2) is 6.13. The number of fused-ring (bicyclic) bond motifs is 1. The summed E-state index contributed by atoms with van der Waals surface area (Å²) >= 11 is 3.96. The lowest BCUT2D eigenvalue weighted by Gasteiger charge is -2.21. The Bertz CT molecular complexity index is 576. The fourth-order valence-electron chi connectivity index (χ4n) is 3.23. The van der Waals surface area contributed by atoms with Gasteiger partial charge in [0.15, 0.2) is 0 Å². The molecule has 2 unspecified atom stereocenters. The van der Waals surface area contributed by atoms with Crippen LogP contribution in [0, 0.1) is 5.92 Å². The molecule has 1 aromatic carbocycles. The van der Waals surface area contributed by atoms with E-state index in [1.807, 2.05) is 12.4 Å². The van der Waals surface area contributed by atoms with Crippen LogP contribution in [0.4, 0.5) is 0 Å². The zero-order chi connectivity index (χ0) is 13.9. The van der Waals surface area contributed by atoms with Gasteiger partial charge in [-0.05, 0) is 42.7 Å². The van der Waals surface area contributed by atoms with E-state index in [0.717, 1.165) is 6.42 Å². The van der Waals surface area contributed by atoms with Gasteiger partial charge >= 0.3 is 0 Å². The summed E-state index contributed by atoms with van der Waals surface area (Å²) in [6.45, 7) is 0. The standard InChI is InChI=1S/C17H21BrN2/c1-20-12-11-19-16(20)10-9-14-7-4-6-13-5-2-3-8-15(13)17(14)18/h2-3,5,8,11-12,14,17H,4,6-7,9-10H2,1H3. The van der Waals surface area contributed by atoms with Crippen LogP contribution in [0.5, 0.6) is 0 Å². The molecule has 0 radical (unpaired) electrons. The third kappa shape index (κ3) is 2.83. The fourth-order valence-corrected chi connectivity index (χ4v) is 4.20. The Balaban J connectivity index is 1.73. The van der Waals surface area contributed by atoms with E-state index in [1.54, 1.807) is 0 Å². The third-order valence-corrected chi connectivity index (χ3v) is 5.69. The number of alkyl halides is 1. The van der Waals surface area contributed by atoms with Gasteiger partial charge in [0, 0.05) is 30.7 Å². The van der Waals surface area contributed by atoms with Gasteiger partial charge in [-0.25, -0.2) is 4.98 Å². The highest BCUT2D eigenvalue weighted by Gasteiger charge is 2.25. The van der Waals surface area contributed by atoms with Gasteiger partial charge in [0.25, 0.3) is 0 Å². The minimum atomic E-state index is 0.487. The fraction of sp³-hybridized carbons (Fsp3) is 0.471. The summed E-state index contributed by atoms with van der Waals surface area (Å²) in [5, 5.41) is 0. The van der Waals surface area contributed by atoms with Crippen LogP contribution in [0.3, 0.4) is 0 Å². The summed E-state index contributed by atoms with van der Waals surface area (Å²) in [6, 6.07) is 8.89. The van der Waals surface area contributed by atoms with E-state index in [4.69, 9.17) is 0 Å². The highest BCUT2D eigenvalue weighted by atomic mass is 79.9. The van der Waals surface area contributed by atoms with Crippen molar-refractivity contribution in [2.45, 2.75) is 36.9 Å². The lowest BCUT2D eigenvalue weighted by molar-refractivity contribution is 0.437. The van der Waals surface area contributed by atoms with E-state index in [0.29, 0.717) is 10.7 Å². The van der Waals surface area contributed by atoms with Crippen LogP contribution in [-0.2, 0) is 19.9 Å². The van der Waals surface area contributed by atoms with Gasteiger partial charge in [-0.3, -0.25) is 0 Å². The summed E-state index contributed by atoms with van der Waals surface area (Å²) in [5.74, 6) is 1.90. The van der Waals surface area contributed by atoms with Crippen molar-refractivity contribution in [1.82, 2.24) is 9.55 Å². The van der Waals surface area contributed by atoms with Crippen molar-refractivity contribution in [3.63, 3.8) is 0 Å². The molecule has 3 rings (SSSR count). The van der Waals surface area contributed by atoms with Crippen LogP contribution >= 0.6 is 15.9 Å². The Kier molecular flexibility index (Phi) is 4.25. The molecule has 0 saturated carbocycles. The van der Waals surface area contributed by atoms with Crippen LogP contribution in [0.25, 0.3) is 0 Å². The lowest BCUT2D eigenvalue weighted by atomic mass is 9.92. The number of hydrogen-bond acceptors (Lipinski definition) is 1. The summed E-state index contributed by atoms with van der Waals surface area (Å²) in [4.78, 5) is 4.93. The Labute approximate surface area is 129 Å². The molecule has 1 aliphatic carbocycles. The molecule has 2 atom stereocenters. The molecule has 1 aromatic heterocycles. The van der Waals surface area contributed by atoms with Crippen LogP contribution in [0.1, 0.15) is 41.0 Å². The molecule has 0 N–H and O–H groups in total. The van der Waals surface area contributed by atoms with Crippen molar-refractivity contribution in [3.8, 4) is 0 Å². The predicted octanol–water partition coefficient (Wildman–Crippen LogP) is 4.44. The molecule has 0 fully saturated rings. The first-order valence-electron chi connectivity index (χ1n) is 7.44. The highest BCUT2D eigenvalue weighted by Crippen LogP contribution is 2.41. The van der Waals surface area contributed by atoms with Crippen molar-refractivity contribution in [1.29, 1.82) is 0 Å². The van der Waals surface area contributed by atoms with Gasteiger partial charge in [-0.2, -0.15) is 0 Å². The quantitative estimate of drug-likeness (QED) is 0.600. The highest BCUT2D eigenvalue weighted by molar-refractivity contribution is 9.09. The van der Waals surface area contributed by atoms with E-state index in [1.165, 1.54) is 42.6 Å². The lowest BCUT2D eigenvalue weighted by Crippen LogP contribution is -2.10. The van der Waals surface area contributed by atoms with Crippen LogP contribution in [-0.4, -0.2) is 9.55 Å². The molecule has 0 spiro atoms.